The molecule has 166 valence electrons. The van der Waals surface area contributed by atoms with E-state index in [1.54, 1.807) is 32.4 Å². The predicted octanol–water partition coefficient (Wildman–Crippen LogP) is 4.25. The zero-order valence-corrected chi connectivity index (χ0v) is 19.4. The van der Waals surface area contributed by atoms with E-state index < -0.39 is 0 Å². The average Bonchev–Trinajstić information content (AvgIpc) is 3.24. The number of hydrogen-bond donors (Lipinski definition) is 2. The number of methoxy groups -OCH3 is 2. The largest absolute Gasteiger partial charge is 0.493 e. The standard InChI is InChI=1S/C22H22N4O4S2/c1-14-4-8-16(9-5-14)23-20(28)13-31-22-26-25-21(32-22)24-19(27)11-7-15-6-10-17(29-2)18(12-15)30-3/h4-12H,13H2,1-3H3,(H,23,28)(H,24,25,27)/b11-7+. The van der Waals surface area contributed by atoms with E-state index in [0.717, 1.165) is 16.8 Å². The van der Waals surface area contributed by atoms with Crippen molar-refractivity contribution >= 4 is 51.8 Å². The highest BCUT2D eigenvalue weighted by atomic mass is 32.2. The summed E-state index contributed by atoms with van der Waals surface area (Å²) in [6.45, 7) is 1.99. The number of anilines is 2. The van der Waals surface area contributed by atoms with Gasteiger partial charge in [0.05, 0.1) is 20.0 Å². The van der Waals surface area contributed by atoms with Gasteiger partial charge in [0.2, 0.25) is 16.9 Å². The molecule has 0 aliphatic heterocycles. The highest BCUT2D eigenvalue weighted by Crippen LogP contribution is 2.28. The maximum Gasteiger partial charge on any atom is 0.250 e. The molecule has 3 aromatic rings. The molecular weight excluding hydrogens is 448 g/mol. The van der Waals surface area contributed by atoms with Crippen molar-refractivity contribution in [3.8, 4) is 11.5 Å². The van der Waals surface area contributed by atoms with Crippen molar-refractivity contribution in [1.82, 2.24) is 10.2 Å². The summed E-state index contributed by atoms with van der Waals surface area (Å²) in [5.41, 5.74) is 2.65. The lowest BCUT2D eigenvalue weighted by molar-refractivity contribution is -0.114. The third-order valence-electron chi connectivity index (χ3n) is 4.13. The van der Waals surface area contributed by atoms with Crippen LogP contribution in [0.15, 0.2) is 52.9 Å². The number of ether oxygens (including phenoxy) is 2. The van der Waals surface area contributed by atoms with E-state index in [4.69, 9.17) is 9.47 Å². The molecule has 8 nitrogen and oxygen atoms in total. The second kappa shape index (κ2) is 11.3. The lowest BCUT2D eigenvalue weighted by Crippen LogP contribution is -2.13. The smallest absolute Gasteiger partial charge is 0.250 e. The summed E-state index contributed by atoms with van der Waals surface area (Å²) in [5, 5.41) is 13.8. The van der Waals surface area contributed by atoms with Gasteiger partial charge in [0, 0.05) is 11.8 Å². The molecule has 32 heavy (non-hydrogen) atoms. The quantitative estimate of drug-likeness (QED) is 0.274. The minimum Gasteiger partial charge on any atom is -0.493 e. The molecule has 0 saturated carbocycles. The van der Waals surface area contributed by atoms with Crippen LogP contribution >= 0.6 is 23.1 Å². The molecular formula is C22H22N4O4S2. The fourth-order valence-electron chi connectivity index (χ4n) is 2.56. The molecule has 0 atom stereocenters. The third-order valence-corrected chi connectivity index (χ3v) is 6.11. The lowest BCUT2D eigenvalue weighted by atomic mass is 10.2. The van der Waals surface area contributed by atoms with E-state index in [9.17, 15) is 9.59 Å². The van der Waals surface area contributed by atoms with Gasteiger partial charge in [0.15, 0.2) is 15.8 Å². The van der Waals surface area contributed by atoms with Gasteiger partial charge in [0.1, 0.15) is 0 Å². The highest BCUT2D eigenvalue weighted by molar-refractivity contribution is 8.01. The number of thioether (sulfide) groups is 1. The Morgan fingerprint density at radius 3 is 2.50 bits per heavy atom. The number of rotatable bonds is 9. The van der Waals surface area contributed by atoms with E-state index in [-0.39, 0.29) is 17.6 Å². The summed E-state index contributed by atoms with van der Waals surface area (Å²) in [6, 6.07) is 12.9. The van der Waals surface area contributed by atoms with Crippen LogP contribution in [0.1, 0.15) is 11.1 Å². The molecule has 2 N–H and O–H groups in total. The van der Waals surface area contributed by atoms with Gasteiger partial charge in [-0.1, -0.05) is 46.9 Å². The number of carbonyl (C=O) groups is 2. The van der Waals surface area contributed by atoms with Gasteiger partial charge in [-0.05, 0) is 42.8 Å². The first-order valence-electron chi connectivity index (χ1n) is 9.50. The second-order valence-corrected chi connectivity index (χ2v) is 8.71. The predicted molar refractivity (Wildman–Crippen MR) is 128 cm³/mol. The van der Waals surface area contributed by atoms with Crippen molar-refractivity contribution in [2.75, 3.05) is 30.6 Å². The lowest BCUT2D eigenvalue weighted by Gasteiger charge is -2.07. The van der Waals surface area contributed by atoms with Crippen LogP contribution in [-0.4, -0.2) is 42.0 Å². The molecule has 0 bridgehead atoms. The van der Waals surface area contributed by atoms with Crippen molar-refractivity contribution in [3.05, 3.63) is 59.7 Å². The number of hydrogen-bond acceptors (Lipinski definition) is 8. The number of nitrogens with one attached hydrogen (secondary N) is 2. The topological polar surface area (TPSA) is 102 Å². The zero-order valence-electron chi connectivity index (χ0n) is 17.7. The minimum atomic E-state index is -0.343. The fourth-order valence-corrected chi connectivity index (χ4v) is 4.11. The van der Waals surface area contributed by atoms with Crippen molar-refractivity contribution < 1.29 is 19.1 Å². The Morgan fingerprint density at radius 1 is 1.03 bits per heavy atom. The van der Waals surface area contributed by atoms with Crippen molar-refractivity contribution in [2.24, 2.45) is 0 Å². The fraction of sp³-hybridized carbons (Fsp3) is 0.182. The highest BCUT2D eigenvalue weighted by Gasteiger charge is 2.10. The first-order valence-corrected chi connectivity index (χ1v) is 11.3. The van der Waals surface area contributed by atoms with Crippen LogP contribution in [0.3, 0.4) is 0 Å². The number of aryl methyl sites for hydroxylation is 1. The molecule has 0 saturated heterocycles. The number of aromatic nitrogens is 2. The molecule has 0 fully saturated rings. The molecule has 2 aromatic carbocycles. The number of amides is 2. The van der Waals surface area contributed by atoms with Gasteiger partial charge in [-0.25, -0.2) is 0 Å². The molecule has 0 aliphatic rings. The molecule has 2 amide bonds. The molecule has 0 unspecified atom stereocenters. The Labute approximate surface area is 194 Å². The Morgan fingerprint density at radius 2 is 1.78 bits per heavy atom. The summed E-state index contributed by atoms with van der Waals surface area (Å²) in [7, 11) is 3.11. The second-order valence-electron chi connectivity index (χ2n) is 6.51. The molecule has 0 spiro atoms. The average molecular weight is 471 g/mol. The van der Waals surface area contributed by atoms with Crippen LogP contribution in [0.25, 0.3) is 6.08 Å². The van der Waals surface area contributed by atoms with Gasteiger partial charge in [-0.2, -0.15) is 0 Å². The van der Waals surface area contributed by atoms with Crippen LogP contribution in [0.4, 0.5) is 10.8 Å². The molecule has 1 aromatic heterocycles. The van der Waals surface area contributed by atoms with Crippen molar-refractivity contribution in [1.29, 1.82) is 0 Å². The third kappa shape index (κ3) is 6.82. The summed E-state index contributed by atoms with van der Waals surface area (Å²) in [5.74, 6) is 0.894. The number of carbonyl (C=O) groups excluding carboxylic acids is 2. The molecule has 3 rings (SSSR count). The van der Waals surface area contributed by atoms with Crippen LogP contribution in [0, 0.1) is 6.92 Å². The van der Waals surface area contributed by atoms with Gasteiger partial charge in [0.25, 0.3) is 0 Å². The van der Waals surface area contributed by atoms with E-state index in [1.807, 2.05) is 37.3 Å². The van der Waals surface area contributed by atoms with Gasteiger partial charge in [-0.15, -0.1) is 10.2 Å². The maximum absolute atomic E-state index is 12.2. The van der Waals surface area contributed by atoms with Crippen LogP contribution in [0.5, 0.6) is 11.5 Å². The van der Waals surface area contributed by atoms with Crippen LogP contribution < -0.4 is 20.1 Å². The van der Waals surface area contributed by atoms with Crippen molar-refractivity contribution in [2.45, 2.75) is 11.3 Å². The SMILES string of the molecule is COc1ccc(/C=C/C(=O)Nc2nnc(SCC(=O)Nc3ccc(C)cc3)s2)cc1OC. The Kier molecular flexibility index (Phi) is 8.23. The summed E-state index contributed by atoms with van der Waals surface area (Å²) in [6.07, 6.45) is 3.05. The molecule has 0 aliphatic carbocycles. The summed E-state index contributed by atoms with van der Waals surface area (Å²) < 4.78 is 11.0. The molecule has 0 radical (unpaired) electrons. The summed E-state index contributed by atoms with van der Waals surface area (Å²) >= 11 is 2.46. The minimum absolute atomic E-state index is 0.141. The van der Waals surface area contributed by atoms with Gasteiger partial charge in [-0.3, -0.25) is 14.9 Å². The van der Waals surface area contributed by atoms with E-state index in [1.165, 1.54) is 29.2 Å². The van der Waals surface area contributed by atoms with E-state index >= 15 is 0 Å². The Hall–Kier alpha value is -3.37. The molecule has 10 heteroatoms. The Bertz CT molecular complexity index is 1110. The Balaban J connectivity index is 1.49. The normalized spacial score (nSPS) is 10.7. The summed E-state index contributed by atoms with van der Waals surface area (Å²) in [4.78, 5) is 24.3. The van der Waals surface area contributed by atoms with Gasteiger partial charge >= 0.3 is 0 Å². The van der Waals surface area contributed by atoms with Crippen LogP contribution in [-0.2, 0) is 9.59 Å². The first-order chi connectivity index (χ1) is 15.5. The zero-order chi connectivity index (χ0) is 22.9. The maximum atomic E-state index is 12.2. The monoisotopic (exact) mass is 470 g/mol. The van der Waals surface area contributed by atoms with Crippen LogP contribution in [0.2, 0.25) is 0 Å². The van der Waals surface area contributed by atoms with E-state index in [0.29, 0.717) is 21.0 Å². The number of benzene rings is 2. The number of nitrogens with zero attached hydrogens (tertiary/aromatic N) is 2. The molecule has 1 heterocycles. The van der Waals surface area contributed by atoms with Crippen molar-refractivity contribution in [3.63, 3.8) is 0 Å². The van der Waals surface area contributed by atoms with Gasteiger partial charge < -0.3 is 14.8 Å². The van der Waals surface area contributed by atoms with E-state index in [2.05, 4.69) is 20.8 Å². The first kappa shape index (κ1) is 23.3.